The van der Waals surface area contributed by atoms with E-state index < -0.39 is 0 Å². The van der Waals surface area contributed by atoms with E-state index in [1.54, 1.807) is 0 Å². The van der Waals surface area contributed by atoms with Gasteiger partial charge in [0.1, 0.15) is 11.0 Å². The van der Waals surface area contributed by atoms with Crippen LogP contribution in [0.1, 0.15) is 12.8 Å². The Morgan fingerprint density at radius 2 is 1.84 bits per heavy atom. The zero-order chi connectivity index (χ0) is 17.2. The number of halogens is 1. The number of fused-ring (bicyclic) bond motifs is 1. The van der Waals surface area contributed by atoms with Crippen LogP contribution in [-0.2, 0) is 9.53 Å². The maximum Gasteiger partial charge on any atom is 0.225 e. The van der Waals surface area contributed by atoms with E-state index in [1.807, 2.05) is 23.1 Å². The molecule has 0 saturated carbocycles. The Hall–Kier alpha value is -1.85. The largest absolute Gasteiger partial charge is 0.378 e. The van der Waals surface area contributed by atoms with Gasteiger partial charge in [0, 0.05) is 37.5 Å². The fourth-order valence-electron chi connectivity index (χ4n) is 3.70. The predicted octanol–water partition coefficient (Wildman–Crippen LogP) is 2.96. The summed E-state index contributed by atoms with van der Waals surface area (Å²) in [6.07, 6.45) is 1.73. The smallest absolute Gasteiger partial charge is 0.225 e. The molecule has 1 aromatic heterocycles. The van der Waals surface area contributed by atoms with Crippen molar-refractivity contribution in [2.75, 3.05) is 44.3 Å². The highest BCUT2D eigenvalue weighted by atomic mass is 35.5. The molecule has 0 N–H and O–H groups in total. The van der Waals surface area contributed by atoms with Crippen molar-refractivity contribution in [3.63, 3.8) is 0 Å². The number of ether oxygens (including phenoxy) is 1. The van der Waals surface area contributed by atoms with Crippen LogP contribution in [0.5, 0.6) is 0 Å². The molecule has 0 spiro atoms. The molecule has 5 nitrogen and oxygen atoms in total. The van der Waals surface area contributed by atoms with E-state index in [1.165, 1.54) is 0 Å². The summed E-state index contributed by atoms with van der Waals surface area (Å²) < 4.78 is 5.34. The van der Waals surface area contributed by atoms with Gasteiger partial charge in [-0.15, -0.1) is 0 Å². The van der Waals surface area contributed by atoms with Gasteiger partial charge in [0.2, 0.25) is 5.91 Å². The van der Waals surface area contributed by atoms with Crippen LogP contribution in [-0.4, -0.2) is 55.2 Å². The fraction of sp³-hybridized carbons (Fsp3) is 0.474. The number of pyridine rings is 1. The monoisotopic (exact) mass is 359 g/mol. The second-order valence-electron chi connectivity index (χ2n) is 6.69. The number of amides is 1. The Balaban J connectivity index is 1.44. The Labute approximate surface area is 152 Å². The molecule has 2 aliphatic heterocycles. The summed E-state index contributed by atoms with van der Waals surface area (Å²) in [7, 11) is 0. The third-order valence-electron chi connectivity index (χ3n) is 5.17. The first-order chi connectivity index (χ1) is 12.2. The molecule has 4 rings (SSSR count). The highest BCUT2D eigenvalue weighted by Gasteiger charge is 2.29. The van der Waals surface area contributed by atoms with Gasteiger partial charge in [-0.05, 0) is 24.3 Å². The van der Waals surface area contributed by atoms with Crippen molar-refractivity contribution in [3.8, 4) is 0 Å². The maximum atomic E-state index is 12.6. The summed E-state index contributed by atoms with van der Waals surface area (Å²) in [5, 5.41) is 2.62. The molecular weight excluding hydrogens is 338 g/mol. The molecule has 1 amide bonds. The number of piperidine rings is 1. The van der Waals surface area contributed by atoms with E-state index in [9.17, 15) is 4.79 Å². The van der Waals surface area contributed by atoms with Crippen molar-refractivity contribution in [1.29, 1.82) is 0 Å². The van der Waals surface area contributed by atoms with Crippen LogP contribution in [0.3, 0.4) is 0 Å². The number of morpholine rings is 1. The molecule has 1 aromatic carbocycles. The zero-order valence-electron chi connectivity index (χ0n) is 14.2. The van der Waals surface area contributed by atoms with Gasteiger partial charge in [-0.2, -0.15) is 0 Å². The fourth-order valence-corrected chi connectivity index (χ4v) is 3.96. The highest BCUT2D eigenvalue weighted by molar-refractivity contribution is 6.34. The third-order valence-corrected chi connectivity index (χ3v) is 5.46. The van der Waals surface area contributed by atoms with Crippen LogP contribution in [0.15, 0.2) is 30.3 Å². The van der Waals surface area contributed by atoms with E-state index >= 15 is 0 Å². The van der Waals surface area contributed by atoms with Crippen molar-refractivity contribution >= 4 is 34.1 Å². The van der Waals surface area contributed by atoms with Crippen LogP contribution in [0.2, 0.25) is 5.15 Å². The van der Waals surface area contributed by atoms with Gasteiger partial charge >= 0.3 is 0 Å². The van der Waals surface area contributed by atoms with Gasteiger partial charge in [-0.25, -0.2) is 4.98 Å². The van der Waals surface area contributed by atoms with Crippen LogP contribution < -0.4 is 4.90 Å². The standard InChI is InChI=1S/C19H22ClN3O2/c20-18-16-4-2-1-3-15(16)13-17(21-18)22-7-5-14(6-8-22)19(24)23-9-11-25-12-10-23/h1-4,13-14H,5-12H2. The second kappa shape index (κ2) is 7.18. The summed E-state index contributed by atoms with van der Waals surface area (Å²) >= 11 is 6.35. The number of rotatable bonds is 2. The normalized spacial score (nSPS) is 19.4. The molecule has 0 radical (unpaired) electrons. The SMILES string of the molecule is O=C(C1CCN(c2cc3ccccc3c(Cl)n2)CC1)N1CCOCC1. The van der Waals surface area contributed by atoms with Crippen molar-refractivity contribution in [3.05, 3.63) is 35.5 Å². The molecule has 25 heavy (non-hydrogen) atoms. The molecule has 6 heteroatoms. The number of carbonyl (C=O) groups excluding carboxylic acids is 1. The van der Waals surface area contributed by atoms with Gasteiger partial charge in [-0.1, -0.05) is 35.9 Å². The Morgan fingerprint density at radius 3 is 2.60 bits per heavy atom. The molecule has 0 unspecified atom stereocenters. The number of aromatic nitrogens is 1. The predicted molar refractivity (Wildman–Crippen MR) is 99.1 cm³/mol. The molecule has 2 aromatic rings. The Bertz CT molecular complexity index is 768. The number of nitrogens with zero attached hydrogens (tertiary/aromatic N) is 3. The van der Waals surface area contributed by atoms with E-state index in [-0.39, 0.29) is 11.8 Å². The Morgan fingerprint density at radius 1 is 1.12 bits per heavy atom. The first-order valence-corrected chi connectivity index (χ1v) is 9.27. The molecule has 0 bridgehead atoms. The molecule has 0 atom stereocenters. The summed E-state index contributed by atoms with van der Waals surface area (Å²) in [5.74, 6) is 1.30. The van der Waals surface area contributed by atoms with Crippen LogP contribution in [0.25, 0.3) is 10.8 Å². The van der Waals surface area contributed by atoms with Crippen molar-refractivity contribution in [1.82, 2.24) is 9.88 Å². The lowest BCUT2D eigenvalue weighted by molar-refractivity contribution is -0.140. The lowest BCUT2D eigenvalue weighted by atomic mass is 9.95. The lowest BCUT2D eigenvalue weighted by Crippen LogP contribution is -2.46. The molecule has 0 aliphatic carbocycles. The first kappa shape index (κ1) is 16.6. The van der Waals surface area contributed by atoms with Gasteiger partial charge in [0.25, 0.3) is 0 Å². The number of carbonyl (C=O) groups is 1. The van der Waals surface area contributed by atoms with E-state index in [4.69, 9.17) is 16.3 Å². The van der Waals surface area contributed by atoms with Crippen molar-refractivity contribution in [2.45, 2.75) is 12.8 Å². The number of anilines is 1. The summed E-state index contributed by atoms with van der Waals surface area (Å²) in [6.45, 7) is 4.43. The van der Waals surface area contributed by atoms with Crippen LogP contribution in [0.4, 0.5) is 5.82 Å². The first-order valence-electron chi connectivity index (χ1n) is 8.89. The van der Waals surface area contributed by atoms with E-state index in [0.29, 0.717) is 18.4 Å². The Kier molecular flexibility index (Phi) is 4.77. The average molecular weight is 360 g/mol. The van der Waals surface area contributed by atoms with Gasteiger partial charge < -0.3 is 14.5 Å². The van der Waals surface area contributed by atoms with Crippen LogP contribution in [0, 0.1) is 5.92 Å². The van der Waals surface area contributed by atoms with Gasteiger partial charge in [-0.3, -0.25) is 4.79 Å². The van der Waals surface area contributed by atoms with Crippen molar-refractivity contribution in [2.24, 2.45) is 5.92 Å². The zero-order valence-corrected chi connectivity index (χ0v) is 14.9. The number of benzene rings is 1. The maximum absolute atomic E-state index is 12.6. The quantitative estimate of drug-likeness (QED) is 0.773. The third kappa shape index (κ3) is 3.44. The minimum Gasteiger partial charge on any atom is -0.378 e. The van der Waals surface area contributed by atoms with Gasteiger partial charge in [0.15, 0.2) is 0 Å². The topological polar surface area (TPSA) is 45.7 Å². The van der Waals surface area contributed by atoms with Crippen molar-refractivity contribution < 1.29 is 9.53 Å². The molecule has 2 fully saturated rings. The highest BCUT2D eigenvalue weighted by Crippen LogP contribution is 2.29. The molecule has 3 heterocycles. The molecular formula is C19H22ClN3O2. The number of hydrogen-bond acceptors (Lipinski definition) is 4. The average Bonchev–Trinajstić information content (AvgIpc) is 2.68. The minimum absolute atomic E-state index is 0.116. The number of hydrogen-bond donors (Lipinski definition) is 0. The molecule has 132 valence electrons. The summed E-state index contributed by atoms with van der Waals surface area (Å²) in [5.41, 5.74) is 0. The van der Waals surface area contributed by atoms with E-state index in [2.05, 4.69) is 22.0 Å². The lowest BCUT2D eigenvalue weighted by Gasteiger charge is -2.36. The minimum atomic E-state index is 0.116. The molecule has 2 saturated heterocycles. The van der Waals surface area contributed by atoms with Gasteiger partial charge in [0.05, 0.1) is 13.2 Å². The second-order valence-corrected chi connectivity index (χ2v) is 7.05. The summed E-state index contributed by atoms with van der Waals surface area (Å²) in [4.78, 5) is 21.4. The van der Waals surface area contributed by atoms with Crippen LogP contribution >= 0.6 is 11.6 Å². The molecule has 2 aliphatic rings. The summed E-state index contributed by atoms with van der Waals surface area (Å²) in [6, 6.07) is 10.1. The van der Waals surface area contributed by atoms with E-state index in [0.717, 1.165) is 55.6 Å².